The number of nitrogens with zero attached hydrogens (tertiary/aromatic N) is 1. The Morgan fingerprint density at radius 1 is 1.35 bits per heavy atom. The maximum absolute atomic E-state index is 12.7. The van der Waals surface area contributed by atoms with E-state index in [4.69, 9.17) is 5.73 Å². The van der Waals surface area contributed by atoms with Gasteiger partial charge >= 0.3 is 0 Å². The number of nitrogens with two attached hydrogens (primary N) is 1. The van der Waals surface area contributed by atoms with Crippen molar-refractivity contribution in [2.24, 2.45) is 4.36 Å². The van der Waals surface area contributed by atoms with E-state index < -0.39 is 9.92 Å². The lowest BCUT2D eigenvalue weighted by molar-refractivity contribution is 0.659. The Morgan fingerprint density at radius 2 is 2.12 bits per heavy atom. The largest absolute Gasteiger partial charge is 0.399 e. The second-order valence-corrected chi connectivity index (χ2v) is 5.92. The predicted octanol–water partition coefficient (Wildman–Crippen LogP) is 2.42. The molecule has 1 aromatic rings. The zero-order chi connectivity index (χ0) is 12.7. The maximum atomic E-state index is 12.7. The normalized spacial score (nSPS) is 14.2. The summed E-state index contributed by atoms with van der Waals surface area (Å²) in [4.78, 5) is 0.666. The van der Waals surface area contributed by atoms with Crippen LogP contribution in [0.2, 0.25) is 0 Å². The summed E-state index contributed by atoms with van der Waals surface area (Å²) in [5.41, 5.74) is 6.33. The van der Waals surface area contributed by atoms with Crippen molar-refractivity contribution in [3.8, 4) is 0 Å². The summed E-state index contributed by atoms with van der Waals surface area (Å²) < 4.78 is 20.0. The van der Waals surface area contributed by atoms with E-state index in [1.807, 2.05) is 13.8 Å². The van der Waals surface area contributed by atoms with Crippen molar-refractivity contribution in [1.82, 2.24) is 4.72 Å². The first-order chi connectivity index (χ1) is 8.12. The van der Waals surface area contributed by atoms with Crippen molar-refractivity contribution < 1.29 is 4.21 Å². The minimum Gasteiger partial charge on any atom is -0.399 e. The van der Waals surface area contributed by atoms with Gasteiger partial charge in [0.15, 0.2) is 0 Å². The van der Waals surface area contributed by atoms with Crippen LogP contribution in [0.5, 0.6) is 0 Å². The molecule has 1 rings (SSSR count). The van der Waals surface area contributed by atoms with Gasteiger partial charge < -0.3 is 5.73 Å². The molecule has 0 radical (unpaired) electrons. The van der Waals surface area contributed by atoms with Crippen LogP contribution in [0.1, 0.15) is 26.7 Å². The van der Waals surface area contributed by atoms with E-state index in [0.29, 0.717) is 23.7 Å². The molecule has 0 spiro atoms. The number of rotatable bonds is 6. The molecule has 1 unspecified atom stereocenters. The van der Waals surface area contributed by atoms with Crippen LogP contribution in [0.25, 0.3) is 0 Å². The van der Waals surface area contributed by atoms with Gasteiger partial charge in [0.05, 0.1) is 4.90 Å². The van der Waals surface area contributed by atoms with Crippen LogP contribution < -0.4 is 10.5 Å². The van der Waals surface area contributed by atoms with E-state index in [-0.39, 0.29) is 0 Å². The molecule has 0 fully saturated rings. The number of nitrogens with one attached hydrogen (secondary N) is 1. The number of benzene rings is 1. The monoisotopic (exact) mass is 255 g/mol. The Morgan fingerprint density at radius 3 is 2.71 bits per heavy atom. The van der Waals surface area contributed by atoms with E-state index in [1.54, 1.807) is 24.3 Å². The van der Waals surface area contributed by atoms with E-state index in [0.717, 1.165) is 12.8 Å². The van der Waals surface area contributed by atoms with Gasteiger partial charge in [-0.2, -0.15) is 0 Å². The SMILES string of the molecule is CCCN=S(=O)(NCCC)c1cccc(N)c1. The van der Waals surface area contributed by atoms with Crippen molar-refractivity contribution in [3.63, 3.8) is 0 Å². The zero-order valence-electron chi connectivity index (χ0n) is 10.5. The average molecular weight is 255 g/mol. The lowest BCUT2D eigenvalue weighted by Gasteiger charge is -2.12. The van der Waals surface area contributed by atoms with Gasteiger partial charge in [0, 0.05) is 18.8 Å². The first kappa shape index (κ1) is 14.0. The summed E-state index contributed by atoms with van der Waals surface area (Å²) in [6.07, 6.45) is 1.80. The molecule has 1 atom stereocenters. The standard InChI is InChI=1S/C12H21N3OS/c1-3-8-14-17(16,15-9-4-2)12-7-5-6-11(13)10-12/h5-7,10H,3-4,8-9,13H2,1-2H3,(H,14,15,16). The van der Waals surface area contributed by atoms with Gasteiger partial charge in [-0.05, 0) is 31.0 Å². The average Bonchev–Trinajstić information content (AvgIpc) is 2.34. The van der Waals surface area contributed by atoms with Gasteiger partial charge in [0.25, 0.3) is 0 Å². The molecule has 96 valence electrons. The van der Waals surface area contributed by atoms with Crippen molar-refractivity contribution in [1.29, 1.82) is 0 Å². The van der Waals surface area contributed by atoms with E-state index in [9.17, 15) is 4.21 Å². The zero-order valence-corrected chi connectivity index (χ0v) is 11.3. The minimum atomic E-state index is -2.52. The Hall–Kier alpha value is -1.07. The number of nitrogen functional groups attached to an aromatic ring is 1. The van der Waals surface area contributed by atoms with Crippen molar-refractivity contribution in [3.05, 3.63) is 24.3 Å². The molecule has 0 aliphatic carbocycles. The van der Waals surface area contributed by atoms with Crippen LogP contribution in [-0.2, 0) is 9.92 Å². The predicted molar refractivity (Wildman–Crippen MR) is 73.1 cm³/mol. The molecule has 0 saturated carbocycles. The van der Waals surface area contributed by atoms with E-state index in [2.05, 4.69) is 9.08 Å². The molecular formula is C12H21N3OS. The molecule has 0 bridgehead atoms. The topological polar surface area (TPSA) is 67.5 Å². The fourth-order valence-corrected chi connectivity index (χ4v) is 3.24. The molecule has 3 N–H and O–H groups in total. The summed E-state index contributed by atoms with van der Waals surface area (Å²) in [6, 6.07) is 7.12. The Balaban J connectivity index is 3.10. The van der Waals surface area contributed by atoms with Crippen molar-refractivity contribution >= 4 is 15.6 Å². The molecule has 0 aromatic heterocycles. The van der Waals surface area contributed by atoms with Crippen LogP contribution in [0, 0.1) is 0 Å². The molecule has 1 aromatic carbocycles. The van der Waals surface area contributed by atoms with Gasteiger partial charge in [-0.1, -0.05) is 19.9 Å². The van der Waals surface area contributed by atoms with E-state index >= 15 is 0 Å². The Labute approximate surface area is 104 Å². The summed E-state index contributed by atoms with van der Waals surface area (Å²) in [5, 5.41) is 0. The second kappa shape index (κ2) is 6.61. The molecule has 17 heavy (non-hydrogen) atoms. The highest BCUT2D eigenvalue weighted by atomic mass is 32.2. The number of hydrogen-bond donors (Lipinski definition) is 2. The van der Waals surface area contributed by atoms with Crippen molar-refractivity contribution in [2.45, 2.75) is 31.6 Å². The first-order valence-electron chi connectivity index (χ1n) is 5.95. The highest BCUT2D eigenvalue weighted by molar-refractivity contribution is 7.91. The molecule has 0 saturated heterocycles. The lowest BCUT2D eigenvalue weighted by Crippen LogP contribution is -2.24. The highest BCUT2D eigenvalue weighted by Crippen LogP contribution is 2.15. The first-order valence-corrected chi connectivity index (χ1v) is 7.47. The van der Waals surface area contributed by atoms with Crippen LogP contribution >= 0.6 is 0 Å². The molecule has 4 nitrogen and oxygen atoms in total. The van der Waals surface area contributed by atoms with Crippen LogP contribution in [0.4, 0.5) is 5.69 Å². The lowest BCUT2D eigenvalue weighted by atomic mass is 10.3. The Kier molecular flexibility index (Phi) is 5.44. The number of hydrogen-bond acceptors (Lipinski definition) is 3. The van der Waals surface area contributed by atoms with Crippen molar-refractivity contribution in [2.75, 3.05) is 18.8 Å². The second-order valence-electron chi connectivity index (χ2n) is 3.85. The molecule has 5 heteroatoms. The summed E-state index contributed by atoms with van der Waals surface area (Å²) in [6.45, 7) is 5.32. The van der Waals surface area contributed by atoms with Crippen LogP contribution in [-0.4, -0.2) is 17.3 Å². The molecule has 0 aliphatic rings. The fraction of sp³-hybridized carbons (Fsp3) is 0.500. The quantitative estimate of drug-likeness (QED) is 0.767. The highest BCUT2D eigenvalue weighted by Gasteiger charge is 2.11. The molecule has 0 aliphatic heterocycles. The third-order valence-corrected chi connectivity index (χ3v) is 4.26. The van der Waals surface area contributed by atoms with Crippen LogP contribution in [0.3, 0.4) is 0 Å². The molecular weight excluding hydrogens is 234 g/mol. The minimum absolute atomic E-state index is 0.588. The van der Waals surface area contributed by atoms with Gasteiger partial charge in [-0.25, -0.2) is 13.3 Å². The summed E-state index contributed by atoms with van der Waals surface area (Å²) in [7, 11) is -2.52. The smallest absolute Gasteiger partial charge is 0.137 e. The summed E-state index contributed by atoms with van der Waals surface area (Å²) in [5.74, 6) is 0. The molecule has 0 amide bonds. The van der Waals surface area contributed by atoms with Gasteiger partial charge in [-0.3, -0.25) is 0 Å². The summed E-state index contributed by atoms with van der Waals surface area (Å²) >= 11 is 0. The van der Waals surface area contributed by atoms with Gasteiger partial charge in [-0.15, -0.1) is 0 Å². The van der Waals surface area contributed by atoms with Gasteiger partial charge in [0.1, 0.15) is 9.92 Å². The number of anilines is 1. The van der Waals surface area contributed by atoms with Crippen LogP contribution in [0.15, 0.2) is 33.5 Å². The fourth-order valence-electron chi connectivity index (χ4n) is 1.35. The maximum Gasteiger partial charge on any atom is 0.137 e. The van der Waals surface area contributed by atoms with E-state index in [1.165, 1.54) is 0 Å². The Bertz CT molecular complexity index is 465. The van der Waals surface area contributed by atoms with Gasteiger partial charge in [0.2, 0.25) is 0 Å². The molecule has 0 heterocycles. The third kappa shape index (κ3) is 4.02. The third-order valence-electron chi connectivity index (χ3n) is 2.22.